The highest BCUT2D eigenvalue weighted by molar-refractivity contribution is 5.91. The molecule has 7 nitrogen and oxygen atoms in total. The van der Waals surface area contributed by atoms with E-state index in [1.54, 1.807) is 18.7 Å². The van der Waals surface area contributed by atoms with Crippen molar-refractivity contribution in [2.24, 2.45) is 17.3 Å². The molecule has 1 saturated heterocycles. The van der Waals surface area contributed by atoms with Crippen LogP contribution in [0, 0.1) is 17.3 Å². The van der Waals surface area contributed by atoms with E-state index in [1.165, 1.54) is 0 Å². The third-order valence-corrected chi connectivity index (χ3v) is 4.38. The maximum Gasteiger partial charge on any atom is 0.307 e. The van der Waals surface area contributed by atoms with Gasteiger partial charge in [-0.1, -0.05) is 13.8 Å². The predicted octanol–water partition coefficient (Wildman–Crippen LogP) is -0.292. The maximum atomic E-state index is 12.0. The molecular formula is C14H22N2O5. The van der Waals surface area contributed by atoms with E-state index in [0.29, 0.717) is 26.3 Å². The number of amides is 2. The SMILES string of the molecule is CC1(C)[C@H](C(=O)O)[C@@H]1C(=O)NCCC(=O)N1CCOCC1. The summed E-state index contributed by atoms with van der Waals surface area (Å²) in [6.45, 7) is 6.06. The Hall–Kier alpha value is -1.63. The zero-order valence-electron chi connectivity index (χ0n) is 12.4. The lowest BCUT2D eigenvalue weighted by atomic mass is 10.1. The number of carboxylic acid groups (broad SMARTS) is 1. The van der Waals surface area contributed by atoms with Gasteiger partial charge < -0.3 is 20.1 Å². The molecule has 0 aromatic heterocycles. The van der Waals surface area contributed by atoms with E-state index in [0.717, 1.165) is 0 Å². The topological polar surface area (TPSA) is 95.9 Å². The minimum Gasteiger partial charge on any atom is -0.481 e. The number of carbonyl (C=O) groups excluding carboxylic acids is 2. The Morgan fingerprint density at radius 3 is 2.38 bits per heavy atom. The van der Waals surface area contributed by atoms with Crippen molar-refractivity contribution in [3.05, 3.63) is 0 Å². The molecule has 1 aliphatic heterocycles. The smallest absolute Gasteiger partial charge is 0.307 e. The first-order chi connectivity index (χ1) is 9.85. The van der Waals surface area contributed by atoms with E-state index in [2.05, 4.69) is 5.32 Å². The lowest BCUT2D eigenvalue weighted by molar-refractivity contribution is -0.140. The molecule has 2 rings (SSSR count). The number of rotatable bonds is 5. The molecule has 0 aromatic carbocycles. The van der Waals surface area contributed by atoms with Crippen molar-refractivity contribution in [1.29, 1.82) is 0 Å². The number of ether oxygens (including phenoxy) is 1. The standard InChI is InChI=1S/C14H22N2O5/c1-14(2)10(11(14)13(19)20)12(18)15-4-3-9(17)16-5-7-21-8-6-16/h10-11H,3-8H2,1-2H3,(H,15,18)(H,19,20)/t10-,11+/m1/s1. The second-order valence-electron chi connectivity index (χ2n) is 6.15. The van der Waals surface area contributed by atoms with Crippen molar-refractivity contribution in [1.82, 2.24) is 10.2 Å². The molecule has 0 bridgehead atoms. The van der Waals surface area contributed by atoms with Gasteiger partial charge in [-0.05, 0) is 5.41 Å². The number of nitrogens with one attached hydrogen (secondary N) is 1. The zero-order chi connectivity index (χ0) is 15.6. The van der Waals surface area contributed by atoms with Crippen LogP contribution in [-0.2, 0) is 19.1 Å². The molecule has 1 aliphatic carbocycles. The Balaban J connectivity index is 1.72. The molecule has 2 aliphatic rings. The van der Waals surface area contributed by atoms with E-state index in [-0.39, 0.29) is 24.8 Å². The molecule has 118 valence electrons. The number of aliphatic carboxylic acids is 1. The van der Waals surface area contributed by atoms with E-state index in [9.17, 15) is 14.4 Å². The first-order valence-electron chi connectivity index (χ1n) is 7.21. The molecule has 21 heavy (non-hydrogen) atoms. The van der Waals surface area contributed by atoms with E-state index < -0.39 is 23.2 Å². The molecule has 2 atom stereocenters. The van der Waals surface area contributed by atoms with Crippen LogP contribution in [-0.4, -0.2) is 60.6 Å². The largest absolute Gasteiger partial charge is 0.481 e. The first-order valence-corrected chi connectivity index (χ1v) is 7.21. The Labute approximate surface area is 123 Å². The minimum absolute atomic E-state index is 0.0107. The summed E-state index contributed by atoms with van der Waals surface area (Å²) >= 11 is 0. The second-order valence-corrected chi connectivity index (χ2v) is 6.15. The summed E-state index contributed by atoms with van der Waals surface area (Å²) in [5, 5.41) is 11.7. The molecule has 2 N–H and O–H groups in total. The van der Waals surface area contributed by atoms with E-state index >= 15 is 0 Å². The van der Waals surface area contributed by atoms with Crippen LogP contribution < -0.4 is 5.32 Å². The lowest BCUT2D eigenvalue weighted by Gasteiger charge is -2.26. The van der Waals surface area contributed by atoms with Gasteiger partial charge in [0.2, 0.25) is 11.8 Å². The Bertz CT molecular complexity index is 443. The molecule has 0 spiro atoms. The van der Waals surface area contributed by atoms with Crippen molar-refractivity contribution in [3.8, 4) is 0 Å². The van der Waals surface area contributed by atoms with Gasteiger partial charge in [-0.2, -0.15) is 0 Å². The second kappa shape index (κ2) is 6.01. The highest BCUT2D eigenvalue weighted by Crippen LogP contribution is 2.58. The van der Waals surface area contributed by atoms with Gasteiger partial charge in [0.1, 0.15) is 0 Å². The van der Waals surface area contributed by atoms with Gasteiger partial charge in [0.05, 0.1) is 25.0 Å². The van der Waals surface area contributed by atoms with Crippen LogP contribution in [0.25, 0.3) is 0 Å². The van der Waals surface area contributed by atoms with Crippen molar-refractivity contribution < 1.29 is 24.2 Å². The highest BCUT2D eigenvalue weighted by Gasteiger charge is 2.65. The maximum absolute atomic E-state index is 12.0. The molecule has 1 saturated carbocycles. The van der Waals surface area contributed by atoms with Crippen LogP contribution >= 0.6 is 0 Å². The lowest BCUT2D eigenvalue weighted by Crippen LogP contribution is -2.42. The van der Waals surface area contributed by atoms with Crippen LogP contribution in [0.2, 0.25) is 0 Å². The van der Waals surface area contributed by atoms with Gasteiger partial charge in [-0.3, -0.25) is 14.4 Å². The quantitative estimate of drug-likeness (QED) is 0.727. The number of morpholine rings is 1. The molecule has 7 heteroatoms. The van der Waals surface area contributed by atoms with E-state index in [4.69, 9.17) is 9.84 Å². The Morgan fingerprint density at radius 1 is 1.24 bits per heavy atom. The van der Waals surface area contributed by atoms with E-state index in [1.807, 2.05) is 0 Å². The summed E-state index contributed by atoms with van der Waals surface area (Å²) in [6, 6.07) is 0. The third kappa shape index (κ3) is 3.34. The highest BCUT2D eigenvalue weighted by atomic mass is 16.5. The Morgan fingerprint density at radius 2 is 1.86 bits per heavy atom. The molecule has 0 unspecified atom stereocenters. The van der Waals surface area contributed by atoms with Crippen LogP contribution in [0.1, 0.15) is 20.3 Å². The summed E-state index contributed by atoms with van der Waals surface area (Å²) in [6.07, 6.45) is 0.233. The van der Waals surface area contributed by atoms with Crippen LogP contribution in [0.5, 0.6) is 0 Å². The number of carboxylic acids is 1. The molecule has 2 fully saturated rings. The minimum atomic E-state index is -0.940. The van der Waals surface area contributed by atoms with Gasteiger partial charge in [-0.25, -0.2) is 0 Å². The van der Waals surface area contributed by atoms with Crippen LogP contribution in [0.3, 0.4) is 0 Å². The predicted molar refractivity (Wildman–Crippen MR) is 73.4 cm³/mol. The van der Waals surface area contributed by atoms with Gasteiger partial charge in [0, 0.05) is 26.1 Å². The summed E-state index contributed by atoms with van der Waals surface area (Å²) < 4.78 is 5.17. The van der Waals surface area contributed by atoms with Crippen molar-refractivity contribution in [2.75, 3.05) is 32.8 Å². The summed E-state index contributed by atoms with van der Waals surface area (Å²) in [5.41, 5.74) is -0.510. The fourth-order valence-electron chi connectivity index (χ4n) is 2.96. The molecule has 2 amide bonds. The van der Waals surface area contributed by atoms with Crippen molar-refractivity contribution in [3.63, 3.8) is 0 Å². The van der Waals surface area contributed by atoms with Gasteiger partial charge in [0.25, 0.3) is 0 Å². The average molecular weight is 298 g/mol. The molecule has 1 heterocycles. The number of hydrogen-bond acceptors (Lipinski definition) is 4. The normalized spacial score (nSPS) is 27.0. The van der Waals surface area contributed by atoms with Crippen molar-refractivity contribution >= 4 is 17.8 Å². The fraction of sp³-hybridized carbons (Fsp3) is 0.786. The summed E-state index contributed by atoms with van der Waals surface area (Å²) in [7, 11) is 0. The van der Waals surface area contributed by atoms with Crippen LogP contribution in [0.15, 0.2) is 0 Å². The van der Waals surface area contributed by atoms with Gasteiger partial charge in [0.15, 0.2) is 0 Å². The van der Waals surface area contributed by atoms with Gasteiger partial charge >= 0.3 is 5.97 Å². The molecule has 0 aromatic rings. The van der Waals surface area contributed by atoms with Gasteiger partial charge in [-0.15, -0.1) is 0 Å². The Kier molecular flexibility index (Phi) is 4.51. The summed E-state index contributed by atoms with van der Waals surface area (Å²) in [4.78, 5) is 36.6. The average Bonchev–Trinajstić information content (AvgIpc) is 3.02. The molecule has 0 radical (unpaired) electrons. The third-order valence-electron chi connectivity index (χ3n) is 4.38. The van der Waals surface area contributed by atoms with Crippen LogP contribution in [0.4, 0.5) is 0 Å². The monoisotopic (exact) mass is 298 g/mol. The molecular weight excluding hydrogens is 276 g/mol. The fourth-order valence-corrected chi connectivity index (χ4v) is 2.96. The number of carbonyl (C=O) groups is 3. The van der Waals surface area contributed by atoms with Crippen molar-refractivity contribution in [2.45, 2.75) is 20.3 Å². The number of hydrogen-bond donors (Lipinski definition) is 2. The first kappa shape index (κ1) is 15.8. The number of nitrogens with zero attached hydrogens (tertiary/aromatic N) is 1. The zero-order valence-corrected chi connectivity index (χ0v) is 12.4. The summed E-state index contributed by atoms with van der Waals surface area (Å²) in [5.74, 6) is -2.36.